The van der Waals surface area contributed by atoms with Crippen LogP contribution in [0, 0.1) is 5.82 Å². The van der Waals surface area contributed by atoms with Crippen LogP contribution < -0.4 is 22.1 Å². The molecule has 10 heteroatoms. The Hall–Kier alpha value is -3.82. The molecule has 0 unspecified atom stereocenters. The van der Waals surface area contributed by atoms with Gasteiger partial charge in [-0.25, -0.2) is 18.7 Å². The van der Waals surface area contributed by atoms with Crippen molar-refractivity contribution in [3.05, 3.63) is 91.6 Å². The van der Waals surface area contributed by atoms with Crippen molar-refractivity contribution in [2.24, 2.45) is 0 Å². The van der Waals surface area contributed by atoms with Gasteiger partial charge in [0.15, 0.2) is 0 Å². The lowest BCUT2D eigenvalue weighted by Gasteiger charge is -2.09. The molecule has 0 radical (unpaired) electrons. The molecule has 2 aromatic heterocycles. The van der Waals surface area contributed by atoms with Crippen molar-refractivity contribution in [1.29, 1.82) is 0 Å². The Bertz CT molecular complexity index is 1160. The molecule has 0 atom stereocenters. The molecule has 0 saturated heterocycles. The van der Waals surface area contributed by atoms with Crippen molar-refractivity contribution in [3.63, 3.8) is 0 Å². The second kappa shape index (κ2) is 7.60. The highest BCUT2D eigenvalue weighted by Crippen LogP contribution is 2.08. The van der Waals surface area contributed by atoms with E-state index in [4.69, 9.17) is 0 Å². The van der Waals surface area contributed by atoms with Gasteiger partial charge >= 0.3 is 5.69 Å². The average molecular weight is 371 g/mol. The maximum absolute atomic E-state index is 13.9. The number of rotatable bonds is 5. The Balaban J connectivity index is 1.84. The summed E-state index contributed by atoms with van der Waals surface area (Å²) in [6.07, 6.45) is 3.64. The molecule has 3 rings (SSSR count). The van der Waals surface area contributed by atoms with Crippen LogP contribution in [0.1, 0.15) is 10.4 Å². The first-order valence-electron chi connectivity index (χ1n) is 7.87. The average Bonchev–Trinajstić information content (AvgIpc) is 2.65. The SMILES string of the molecule is O=C(NCCn1cnccc1=O)c1c[nH]c(=O)n(-c2ccccc2F)c1=O. The zero-order valence-electron chi connectivity index (χ0n) is 13.9. The van der Waals surface area contributed by atoms with Crippen LogP contribution in [0.5, 0.6) is 0 Å². The number of nitrogens with zero attached hydrogens (tertiary/aromatic N) is 3. The van der Waals surface area contributed by atoms with Gasteiger partial charge < -0.3 is 10.3 Å². The van der Waals surface area contributed by atoms with Crippen LogP contribution >= 0.6 is 0 Å². The number of nitrogens with one attached hydrogen (secondary N) is 2. The molecule has 0 aliphatic carbocycles. The summed E-state index contributed by atoms with van der Waals surface area (Å²) in [5.41, 5.74) is -2.75. The van der Waals surface area contributed by atoms with Crippen LogP contribution in [0.2, 0.25) is 0 Å². The molecule has 0 spiro atoms. The van der Waals surface area contributed by atoms with Gasteiger partial charge in [-0.2, -0.15) is 0 Å². The number of para-hydroxylation sites is 1. The molecule has 0 aliphatic rings. The molecule has 0 saturated carbocycles. The lowest BCUT2D eigenvalue weighted by molar-refractivity contribution is 0.0949. The summed E-state index contributed by atoms with van der Waals surface area (Å²) in [6, 6.07) is 6.50. The van der Waals surface area contributed by atoms with Gasteiger partial charge in [0, 0.05) is 31.5 Å². The fourth-order valence-electron chi connectivity index (χ4n) is 2.42. The fourth-order valence-corrected chi connectivity index (χ4v) is 2.42. The second-order valence-electron chi connectivity index (χ2n) is 5.47. The monoisotopic (exact) mass is 371 g/mol. The van der Waals surface area contributed by atoms with E-state index in [9.17, 15) is 23.6 Å². The molecule has 9 nitrogen and oxygen atoms in total. The first-order chi connectivity index (χ1) is 13.0. The van der Waals surface area contributed by atoms with Gasteiger partial charge in [0.1, 0.15) is 11.4 Å². The van der Waals surface area contributed by atoms with Crippen LogP contribution in [0.25, 0.3) is 5.69 Å². The third-order valence-electron chi connectivity index (χ3n) is 3.75. The first-order valence-corrected chi connectivity index (χ1v) is 7.87. The van der Waals surface area contributed by atoms with Gasteiger partial charge in [-0.05, 0) is 12.1 Å². The van der Waals surface area contributed by atoms with Crippen LogP contribution in [0.3, 0.4) is 0 Å². The molecule has 2 N–H and O–H groups in total. The number of carbonyl (C=O) groups is 1. The molecule has 1 amide bonds. The highest BCUT2D eigenvalue weighted by Gasteiger charge is 2.17. The smallest absolute Gasteiger partial charge is 0.333 e. The van der Waals surface area contributed by atoms with Crippen LogP contribution in [0.4, 0.5) is 4.39 Å². The van der Waals surface area contributed by atoms with Gasteiger partial charge in [0.2, 0.25) is 0 Å². The minimum Gasteiger partial charge on any atom is -0.350 e. The van der Waals surface area contributed by atoms with E-state index >= 15 is 0 Å². The van der Waals surface area contributed by atoms with Gasteiger partial charge in [-0.3, -0.25) is 19.0 Å². The third kappa shape index (κ3) is 3.73. The second-order valence-corrected chi connectivity index (χ2v) is 5.47. The molecule has 3 aromatic rings. The van der Waals surface area contributed by atoms with E-state index in [2.05, 4.69) is 15.3 Å². The lowest BCUT2D eigenvalue weighted by Crippen LogP contribution is -2.40. The van der Waals surface area contributed by atoms with Crippen LogP contribution in [-0.2, 0) is 6.54 Å². The maximum atomic E-state index is 13.9. The Morgan fingerprint density at radius 2 is 1.96 bits per heavy atom. The van der Waals surface area contributed by atoms with Gasteiger partial charge in [0.05, 0.1) is 12.0 Å². The molecule has 0 fully saturated rings. The van der Waals surface area contributed by atoms with E-state index in [0.717, 1.165) is 12.3 Å². The Kier molecular flexibility index (Phi) is 5.06. The number of hydrogen-bond acceptors (Lipinski definition) is 5. The predicted octanol–water partition coefficient (Wildman–Crippen LogP) is -0.348. The summed E-state index contributed by atoms with van der Waals surface area (Å²) in [4.78, 5) is 54.4. The van der Waals surface area contributed by atoms with E-state index in [1.807, 2.05) is 0 Å². The molecular weight excluding hydrogens is 357 g/mol. The summed E-state index contributed by atoms with van der Waals surface area (Å²) in [7, 11) is 0. The molecule has 1 aromatic carbocycles. The van der Waals surface area contributed by atoms with E-state index < -0.39 is 23.0 Å². The van der Waals surface area contributed by atoms with Crippen molar-refractivity contribution in [2.75, 3.05) is 6.54 Å². The van der Waals surface area contributed by atoms with Crippen molar-refractivity contribution < 1.29 is 9.18 Å². The summed E-state index contributed by atoms with van der Waals surface area (Å²) in [5.74, 6) is -1.54. The highest BCUT2D eigenvalue weighted by molar-refractivity contribution is 5.93. The Morgan fingerprint density at radius 1 is 1.19 bits per heavy atom. The number of halogens is 1. The Labute approximate surface area is 150 Å². The van der Waals surface area contributed by atoms with Crippen molar-refractivity contribution in [2.45, 2.75) is 6.54 Å². The van der Waals surface area contributed by atoms with E-state index in [1.165, 1.54) is 41.4 Å². The van der Waals surface area contributed by atoms with Gasteiger partial charge in [0.25, 0.3) is 17.0 Å². The lowest BCUT2D eigenvalue weighted by atomic mass is 10.2. The van der Waals surface area contributed by atoms with Gasteiger partial charge in [-0.15, -0.1) is 0 Å². The number of carbonyl (C=O) groups excluding carboxylic acids is 1. The third-order valence-corrected chi connectivity index (χ3v) is 3.75. The zero-order valence-corrected chi connectivity index (χ0v) is 13.9. The maximum Gasteiger partial charge on any atom is 0.333 e. The normalized spacial score (nSPS) is 10.6. The number of benzene rings is 1. The van der Waals surface area contributed by atoms with Crippen LogP contribution in [-0.4, -0.2) is 31.6 Å². The van der Waals surface area contributed by atoms with Crippen LogP contribution in [0.15, 0.2) is 63.4 Å². The number of aromatic nitrogens is 4. The molecule has 0 aliphatic heterocycles. The van der Waals surface area contributed by atoms with Gasteiger partial charge in [-0.1, -0.05) is 12.1 Å². The van der Waals surface area contributed by atoms with E-state index in [-0.39, 0.29) is 29.9 Å². The van der Waals surface area contributed by atoms with E-state index in [1.54, 1.807) is 0 Å². The van der Waals surface area contributed by atoms with Crippen molar-refractivity contribution in [1.82, 2.24) is 24.4 Å². The zero-order chi connectivity index (χ0) is 19.4. The molecule has 27 heavy (non-hydrogen) atoms. The van der Waals surface area contributed by atoms with Crippen molar-refractivity contribution >= 4 is 5.91 Å². The highest BCUT2D eigenvalue weighted by atomic mass is 19.1. The number of aromatic amines is 1. The fraction of sp³-hybridized carbons (Fsp3) is 0.118. The first kappa shape index (κ1) is 18.0. The predicted molar refractivity (Wildman–Crippen MR) is 93.4 cm³/mol. The largest absolute Gasteiger partial charge is 0.350 e. The molecular formula is C17H14FN5O4. The minimum atomic E-state index is -0.958. The molecule has 2 heterocycles. The number of hydrogen-bond donors (Lipinski definition) is 2. The number of H-pyrrole nitrogens is 1. The molecule has 0 bridgehead atoms. The number of amides is 1. The standard InChI is InChI=1S/C17H14FN5O4/c18-12-3-1-2-4-13(12)23-16(26)11(9-21-17(23)27)15(25)20-7-8-22-10-19-6-5-14(22)24/h1-6,9-10H,7-8H2,(H,20,25)(H,21,27). The summed E-state index contributed by atoms with van der Waals surface area (Å²) in [5, 5.41) is 2.47. The summed E-state index contributed by atoms with van der Waals surface area (Å²) in [6.45, 7) is 0.186. The van der Waals surface area contributed by atoms with Crippen molar-refractivity contribution in [3.8, 4) is 5.69 Å². The van der Waals surface area contributed by atoms with E-state index in [0.29, 0.717) is 4.57 Å². The molecule has 138 valence electrons. The quantitative estimate of drug-likeness (QED) is 0.636. The Morgan fingerprint density at radius 3 is 2.70 bits per heavy atom. The summed E-state index contributed by atoms with van der Waals surface area (Å²) >= 11 is 0. The summed E-state index contributed by atoms with van der Waals surface area (Å²) < 4.78 is 15.8. The minimum absolute atomic E-state index is 0.0443. The topological polar surface area (TPSA) is 119 Å².